The lowest BCUT2D eigenvalue weighted by molar-refractivity contribution is 0.0929. The molecule has 34 heavy (non-hydrogen) atoms. The standard InChI is InChI=1S/C27H30N2O4S/c1-21-11-6-9-16-25(21)34(31,32)29-18-10-17-27(20-29,22-12-4-3-5-13-22)19-28-26(30)23-14-7-8-15-24(23)33-2/h3-9,11-16H,10,17-20H2,1-2H3,(H,28,30). The summed E-state index contributed by atoms with van der Waals surface area (Å²) in [5.41, 5.74) is 1.64. The first-order chi connectivity index (χ1) is 16.4. The van der Waals surface area contributed by atoms with E-state index in [4.69, 9.17) is 4.74 Å². The summed E-state index contributed by atoms with van der Waals surface area (Å²) < 4.78 is 34.1. The van der Waals surface area contributed by atoms with Crippen LogP contribution in [0.4, 0.5) is 0 Å². The highest BCUT2D eigenvalue weighted by Crippen LogP contribution is 2.36. The quantitative estimate of drug-likeness (QED) is 0.553. The predicted molar refractivity (Wildman–Crippen MR) is 133 cm³/mol. The van der Waals surface area contributed by atoms with Gasteiger partial charge in [0.05, 0.1) is 17.6 Å². The SMILES string of the molecule is COc1ccccc1C(=O)NCC1(c2ccccc2)CCCN(S(=O)(=O)c2ccccc2C)C1. The van der Waals surface area contributed by atoms with Crippen LogP contribution in [0.5, 0.6) is 5.75 Å². The van der Waals surface area contributed by atoms with Crippen LogP contribution in [0.2, 0.25) is 0 Å². The van der Waals surface area contributed by atoms with Crippen molar-refractivity contribution in [2.75, 3.05) is 26.7 Å². The number of carbonyl (C=O) groups excluding carboxylic acids is 1. The number of hydrogen-bond donors (Lipinski definition) is 1. The van der Waals surface area contributed by atoms with Crippen molar-refractivity contribution in [3.05, 3.63) is 95.6 Å². The summed E-state index contributed by atoms with van der Waals surface area (Å²) in [7, 11) is -2.14. The van der Waals surface area contributed by atoms with Gasteiger partial charge in [0.25, 0.3) is 5.91 Å². The molecule has 4 rings (SSSR count). The lowest BCUT2D eigenvalue weighted by Crippen LogP contribution is -2.53. The molecule has 0 bridgehead atoms. The molecule has 0 spiro atoms. The minimum absolute atomic E-state index is 0.244. The van der Waals surface area contributed by atoms with Crippen LogP contribution in [0.1, 0.15) is 34.3 Å². The van der Waals surface area contributed by atoms with Crippen molar-refractivity contribution in [3.63, 3.8) is 0 Å². The van der Waals surface area contributed by atoms with Gasteiger partial charge in [0.1, 0.15) is 5.75 Å². The van der Waals surface area contributed by atoms with Crippen molar-refractivity contribution in [1.82, 2.24) is 9.62 Å². The highest BCUT2D eigenvalue weighted by atomic mass is 32.2. The molecule has 0 aromatic heterocycles. The number of para-hydroxylation sites is 1. The molecule has 178 valence electrons. The number of amides is 1. The second-order valence-corrected chi connectivity index (χ2v) is 10.6. The van der Waals surface area contributed by atoms with E-state index in [1.165, 1.54) is 7.11 Å². The van der Waals surface area contributed by atoms with Crippen molar-refractivity contribution in [3.8, 4) is 5.75 Å². The topological polar surface area (TPSA) is 75.7 Å². The Labute approximate surface area is 201 Å². The van der Waals surface area contributed by atoms with Crippen LogP contribution in [0, 0.1) is 6.92 Å². The maximum absolute atomic E-state index is 13.6. The summed E-state index contributed by atoms with van der Waals surface area (Å²) >= 11 is 0. The Hall–Kier alpha value is -3.16. The van der Waals surface area contributed by atoms with E-state index in [0.717, 1.165) is 17.5 Å². The Balaban J connectivity index is 1.65. The number of carbonyl (C=O) groups is 1. The zero-order valence-electron chi connectivity index (χ0n) is 19.5. The third-order valence-electron chi connectivity index (χ3n) is 6.58. The van der Waals surface area contributed by atoms with Crippen LogP contribution < -0.4 is 10.1 Å². The minimum atomic E-state index is -3.67. The zero-order valence-corrected chi connectivity index (χ0v) is 20.3. The lowest BCUT2D eigenvalue weighted by Gasteiger charge is -2.43. The monoisotopic (exact) mass is 478 g/mol. The molecule has 3 aromatic carbocycles. The van der Waals surface area contributed by atoms with Gasteiger partial charge in [-0.1, -0.05) is 60.7 Å². The summed E-state index contributed by atoms with van der Waals surface area (Å²) in [6.07, 6.45) is 1.47. The van der Waals surface area contributed by atoms with Crippen molar-refractivity contribution in [2.45, 2.75) is 30.1 Å². The molecular formula is C27H30N2O4S. The number of piperidine rings is 1. The highest BCUT2D eigenvalue weighted by molar-refractivity contribution is 7.89. The molecule has 1 N–H and O–H groups in total. The third-order valence-corrected chi connectivity index (χ3v) is 8.58. The third kappa shape index (κ3) is 4.72. The summed E-state index contributed by atoms with van der Waals surface area (Å²) in [4.78, 5) is 13.4. The van der Waals surface area contributed by atoms with E-state index in [1.807, 2.05) is 55.5 Å². The summed E-state index contributed by atoms with van der Waals surface area (Å²) in [6.45, 7) is 2.87. The van der Waals surface area contributed by atoms with Crippen LogP contribution in [0.3, 0.4) is 0 Å². The first-order valence-electron chi connectivity index (χ1n) is 11.4. The van der Waals surface area contributed by atoms with E-state index in [9.17, 15) is 13.2 Å². The molecule has 1 unspecified atom stereocenters. The van der Waals surface area contributed by atoms with Gasteiger partial charge in [-0.15, -0.1) is 0 Å². The van der Waals surface area contributed by atoms with E-state index in [1.54, 1.807) is 34.6 Å². The molecule has 0 radical (unpaired) electrons. The van der Waals surface area contributed by atoms with E-state index < -0.39 is 15.4 Å². The first kappa shape index (κ1) is 24.0. The fourth-order valence-electron chi connectivity index (χ4n) is 4.73. The van der Waals surface area contributed by atoms with Crippen LogP contribution in [-0.4, -0.2) is 45.4 Å². The molecule has 0 aliphatic carbocycles. The number of aryl methyl sites for hydroxylation is 1. The maximum atomic E-state index is 13.6. The van der Waals surface area contributed by atoms with Gasteiger partial charge in [0.2, 0.25) is 10.0 Å². The largest absolute Gasteiger partial charge is 0.496 e. The average Bonchev–Trinajstić information content (AvgIpc) is 2.88. The number of rotatable bonds is 7. The fraction of sp³-hybridized carbons (Fsp3) is 0.296. The molecule has 1 atom stereocenters. The second kappa shape index (κ2) is 9.99. The van der Waals surface area contributed by atoms with Gasteiger partial charge in [-0.2, -0.15) is 4.31 Å². The van der Waals surface area contributed by atoms with Crippen LogP contribution in [-0.2, 0) is 15.4 Å². The molecule has 7 heteroatoms. The highest BCUT2D eigenvalue weighted by Gasteiger charge is 2.42. The molecule has 1 aliphatic rings. The second-order valence-electron chi connectivity index (χ2n) is 8.74. The number of ether oxygens (including phenoxy) is 1. The number of sulfonamides is 1. The number of nitrogens with zero attached hydrogens (tertiary/aromatic N) is 1. The average molecular weight is 479 g/mol. The molecule has 3 aromatic rings. The van der Waals surface area contributed by atoms with Crippen LogP contribution in [0.25, 0.3) is 0 Å². The number of nitrogens with one attached hydrogen (secondary N) is 1. The zero-order chi connectivity index (χ0) is 24.2. The Morgan fingerprint density at radius 1 is 1.00 bits per heavy atom. The van der Waals surface area contributed by atoms with E-state index in [-0.39, 0.29) is 5.91 Å². The summed E-state index contributed by atoms with van der Waals surface area (Å²) in [5.74, 6) is 0.257. The lowest BCUT2D eigenvalue weighted by atomic mass is 9.74. The minimum Gasteiger partial charge on any atom is -0.496 e. The molecule has 0 saturated carbocycles. The fourth-order valence-corrected chi connectivity index (χ4v) is 6.52. The van der Waals surface area contributed by atoms with Crippen molar-refractivity contribution in [1.29, 1.82) is 0 Å². The molecule has 6 nitrogen and oxygen atoms in total. The molecular weight excluding hydrogens is 448 g/mol. The first-order valence-corrected chi connectivity index (χ1v) is 12.8. The van der Waals surface area contributed by atoms with Gasteiger partial charge in [-0.25, -0.2) is 8.42 Å². The van der Waals surface area contributed by atoms with Gasteiger partial charge >= 0.3 is 0 Å². The molecule has 1 aliphatic heterocycles. The smallest absolute Gasteiger partial charge is 0.255 e. The van der Waals surface area contributed by atoms with E-state index in [2.05, 4.69) is 5.32 Å². The Morgan fingerprint density at radius 2 is 1.68 bits per heavy atom. The normalized spacial score (nSPS) is 18.9. The number of benzene rings is 3. The summed E-state index contributed by atoms with van der Waals surface area (Å²) in [6, 6.07) is 24.0. The molecule has 1 fully saturated rings. The van der Waals surface area contributed by atoms with Gasteiger partial charge < -0.3 is 10.1 Å². The molecule has 1 heterocycles. The predicted octanol–water partition coefficient (Wildman–Crippen LogP) is 4.16. The van der Waals surface area contributed by atoms with Gasteiger partial charge in [0.15, 0.2) is 0 Å². The maximum Gasteiger partial charge on any atom is 0.255 e. The number of methoxy groups -OCH3 is 1. The van der Waals surface area contributed by atoms with Gasteiger partial charge in [-0.05, 0) is 49.1 Å². The molecule has 1 amide bonds. The Bertz CT molecular complexity index is 1260. The van der Waals surface area contributed by atoms with E-state index >= 15 is 0 Å². The van der Waals surface area contributed by atoms with Gasteiger partial charge in [0, 0.05) is 25.0 Å². The van der Waals surface area contributed by atoms with Crippen LogP contribution in [0.15, 0.2) is 83.8 Å². The Kier molecular flexibility index (Phi) is 7.05. The van der Waals surface area contributed by atoms with Crippen molar-refractivity contribution < 1.29 is 17.9 Å². The summed E-state index contributed by atoms with van der Waals surface area (Å²) in [5, 5.41) is 3.07. The van der Waals surface area contributed by atoms with E-state index in [0.29, 0.717) is 42.3 Å². The molecule has 1 saturated heterocycles. The Morgan fingerprint density at radius 3 is 2.41 bits per heavy atom. The van der Waals surface area contributed by atoms with Crippen LogP contribution >= 0.6 is 0 Å². The van der Waals surface area contributed by atoms with Crippen molar-refractivity contribution >= 4 is 15.9 Å². The number of hydrogen-bond acceptors (Lipinski definition) is 4. The van der Waals surface area contributed by atoms with Crippen molar-refractivity contribution in [2.24, 2.45) is 0 Å². The van der Waals surface area contributed by atoms with Gasteiger partial charge in [-0.3, -0.25) is 4.79 Å².